The Morgan fingerprint density at radius 2 is 1.28 bits per heavy atom. The highest BCUT2D eigenvalue weighted by Gasteiger charge is 2.54. The van der Waals surface area contributed by atoms with E-state index in [1.54, 1.807) is 42.5 Å². The Morgan fingerprint density at radius 1 is 0.812 bits per heavy atom. The molecule has 9 heteroatoms. The number of hydrogen-bond donors (Lipinski definition) is 3. The fraction of sp³-hybridized carbons (Fsp3) is 0.0870. The van der Waals surface area contributed by atoms with E-state index in [4.69, 9.17) is 5.73 Å². The Hall–Kier alpha value is -3.90. The predicted octanol–water partition coefficient (Wildman–Crippen LogP) is 3.28. The number of amides is 2. The van der Waals surface area contributed by atoms with Crippen molar-refractivity contribution < 1.29 is 29.2 Å². The summed E-state index contributed by atoms with van der Waals surface area (Å²) in [6.07, 6.45) is -2.42. The fourth-order valence-electron chi connectivity index (χ4n) is 3.59. The van der Waals surface area contributed by atoms with E-state index >= 15 is 0 Å². The SMILES string of the molecule is NC(=O)C(CP(=O)(c1ccccc1)N(C(=O)O)c1ccccc1)(C(=O)O)c1ccccc1. The first kappa shape index (κ1) is 22.8. The average molecular weight is 452 g/mol. The molecule has 0 bridgehead atoms. The average Bonchev–Trinajstić information content (AvgIpc) is 2.79. The Kier molecular flexibility index (Phi) is 6.46. The minimum absolute atomic E-state index is 0.00885. The third-order valence-corrected chi connectivity index (χ3v) is 8.22. The van der Waals surface area contributed by atoms with Crippen molar-refractivity contribution in [2.75, 3.05) is 10.8 Å². The number of anilines is 1. The van der Waals surface area contributed by atoms with Crippen LogP contribution in [-0.4, -0.2) is 34.3 Å². The topological polar surface area (TPSA) is 138 Å². The van der Waals surface area contributed by atoms with Crippen molar-refractivity contribution in [1.82, 2.24) is 0 Å². The maximum Gasteiger partial charge on any atom is 0.417 e. The number of aliphatic carboxylic acids is 1. The zero-order chi connectivity index (χ0) is 23.4. The minimum atomic E-state index is -4.30. The van der Waals surface area contributed by atoms with Crippen LogP contribution in [0.2, 0.25) is 0 Å². The fourth-order valence-corrected chi connectivity index (χ4v) is 6.69. The van der Waals surface area contributed by atoms with Crippen molar-refractivity contribution >= 4 is 36.3 Å². The number of nitrogens with zero attached hydrogens (tertiary/aromatic N) is 1. The number of carbonyl (C=O) groups excluding carboxylic acids is 1. The van der Waals surface area contributed by atoms with Crippen LogP contribution in [0.25, 0.3) is 0 Å². The Labute approximate surface area is 184 Å². The third-order valence-electron chi connectivity index (χ3n) is 5.17. The molecule has 0 aliphatic rings. The van der Waals surface area contributed by atoms with Crippen molar-refractivity contribution in [3.8, 4) is 0 Å². The highest BCUT2D eigenvalue weighted by molar-refractivity contribution is 7.74. The minimum Gasteiger partial charge on any atom is -0.480 e. The van der Waals surface area contributed by atoms with E-state index in [9.17, 15) is 29.2 Å². The highest BCUT2D eigenvalue weighted by atomic mass is 31.2. The van der Waals surface area contributed by atoms with Gasteiger partial charge < -0.3 is 15.9 Å². The van der Waals surface area contributed by atoms with E-state index in [0.29, 0.717) is 4.67 Å². The van der Waals surface area contributed by atoms with Crippen LogP contribution in [0.1, 0.15) is 5.56 Å². The van der Waals surface area contributed by atoms with Crippen molar-refractivity contribution in [2.45, 2.75) is 5.41 Å². The predicted molar refractivity (Wildman–Crippen MR) is 120 cm³/mol. The molecule has 0 radical (unpaired) electrons. The molecule has 0 fully saturated rings. The van der Waals surface area contributed by atoms with E-state index < -0.39 is 36.8 Å². The summed E-state index contributed by atoms with van der Waals surface area (Å²) in [5.41, 5.74) is 3.24. The second kappa shape index (κ2) is 9.08. The second-order valence-corrected chi connectivity index (χ2v) is 9.70. The van der Waals surface area contributed by atoms with Crippen LogP contribution in [0.5, 0.6) is 0 Å². The lowest BCUT2D eigenvalue weighted by molar-refractivity contribution is -0.147. The number of para-hydroxylation sites is 1. The zero-order valence-electron chi connectivity index (χ0n) is 16.9. The summed E-state index contributed by atoms with van der Waals surface area (Å²) in [7, 11) is -4.30. The molecule has 0 aliphatic heterocycles. The van der Waals surface area contributed by atoms with Gasteiger partial charge in [0.05, 0.1) is 11.8 Å². The molecule has 0 heterocycles. The molecule has 4 N–H and O–H groups in total. The molecule has 164 valence electrons. The van der Waals surface area contributed by atoms with Gasteiger partial charge in [-0.3, -0.25) is 14.2 Å². The number of carboxylic acid groups (broad SMARTS) is 2. The summed E-state index contributed by atoms with van der Waals surface area (Å²) in [4.78, 5) is 37.5. The van der Waals surface area contributed by atoms with Gasteiger partial charge in [0.15, 0.2) is 5.41 Å². The van der Waals surface area contributed by atoms with Crippen LogP contribution in [-0.2, 0) is 19.6 Å². The third kappa shape index (κ3) is 4.00. The Balaban J connectivity index is 2.33. The first-order valence-electron chi connectivity index (χ1n) is 9.55. The summed E-state index contributed by atoms with van der Waals surface area (Å²) < 4.78 is 15.3. The van der Waals surface area contributed by atoms with E-state index in [0.717, 1.165) is 0 Å². The Morgan fingerprint density at radius 3 is 1.72 bits per heavy atom. The van der Waals surface area contributed by atoms with E-state index in [2.05, 4.69) is 0 Å². The number of rotatable bonds is 8. The summed E-state index contributed by atoms with van der Waals surface area (Å²) in [6, 6.07) is 22.8. The number of carboxylic acids is 1. The van der Waals surface area contributed by atoms with Crippen LogP contribution < -0.4 is 15.7 Å². The van der Waals surface area contributed by atoms with Gasteiger partial charge in [0.25, 0.3) is 0 Å². The number of nitrogens with two attached hydrogens (primary N) is 1. The molecular formula is C23H21N2O6P. The van der Waals surface area contributed by atoms with Gasteiger partial charge >= 0.3 is 12.1 Å². The molecule has 8 nitrogen and oxygen atoms in total. The molecular weight excluding hydrogens is 431 g/mol. The molecule has 0 saturated heterocycles. The number of carbonyl (C=O) groups is 3. The maximum atomic E-state index is 14.6. The van der Waals surface area contributed by atoms with Gasteiger partial charge in [0, 0.05) is 5.30 Å². The normalized spacial score (nSPS) is 14.5. The summed E-state index contributed by atoms with van der Waals surface area (Å²) >= 11 is 0. The molecule has 0 spiro atoms. The van der Waals surface area contributed by atoms with Crippen molar-refractivity contribution in [2.24, 2.45) is 5.73 Å². The summed E-state index contributed by atoms with van der Waals surface area (Å²) in [6.45, 7) is 0. The number of benzene rings is 3. The van der Waals surface area contributed by atoms with E-state index in [-0.39, 0.29) is 16.6 Å². The lowest BCUT2D eigenvalue weighted by Gasteiger charge is -2.36. The second-order valence-electron chi connectivity index (χ2n) is 7.07. The number of hydrogen-bond acceptors (Lipinski definition) is 4. The first-order valence-corrected chi connectivity index (χ1v) is 11.4. The molecule has 3 aromatic carbocycles. The smallest absolute Gasteiger partial charge is 0.417 e. The monoisotopic (exact) mass is 452 g/mol. The van der Waals surface area contributed by atoms with Gasteiger partial charge in [-0.15, -0.1) is 0 Å². The number of primary amides is 1. The Bertz CT molecular complexity index is 1150. The molecule has 2 unspecified atom stereocenters. The van der Waals surface area contributed by atoms with Crippen LogP contribution >= 0.6 is 7.29 Å². The summed E-state index contributed by atoms with van der Waals surface area (Å²) in [5, 5.41) is 20.3. The van der Waals surface area contributed by atoms with Crippen LogP contribution in [0.15, 0.2) is 91.0 Å². The van der Waals surface area contributed by atoms with Crippen LogP contribution in [0, 0.1) is 0 Å². The molecule has 32 heavy (non-hydrogen) atoms. The largest absolute Gasteiger partial charge is 0.480 e. The molecule has 2 amide bonds. The van der Waals surface area contributed by atoms with Gasteiger partial charge in [-0.05, 0) is 29.8 Å². The van der Waals surface area contributed by atoms with Crippen LogP contribution in [0.4, 0.5) is 10.5 Å². The van der Waals surface area contributed by atoms with Crippen LogP contribution in [0.3, 0.4) is 0 Å². The van der Waals surface area contributed by atoms with Crippen molar-refractivity contribution in [1.29, 1.82) is 0 Å². The molecule has 0 aliphatic carbocycles. The molecule has 3 aromatic rings. The highest BCUT2D eigenvalue weighted by Crippen LogP contribution is 2.55. The zero-order valence-corrected chi connectivity index (χ0v) is 17.8. The van der Waals surface area contributed by atoms with Gasteiger partial charge in [-0.1, -0.05) is 66.7 Å². The van der Waals surface area contributed by atoms with Gasteiger partial charge in [0.1, 0.15) is 0 Å². The lowest BCUT2D eigenvalue weighted by Crippen LogP contribution is -2.53. The van der Waals surface area contributed by atoms with E-state index in [1.807, 2.05) is 0 Å². The summed E-state index contributed by atoms with van der Waals surface area (Å²) in [5.74, 6) is -2.86. The van der Waals surface area contributed by atoms with Gasteiger partial charge in [-0.2, -0.15) is 0 Å². The van der Waals surface area contributed by atoms with Gasteiger partial charge in [-0.25, -0.2) is 9.46 Å². The molecule has 0 aromatic heterocycles. The van der Waals surface area contributed by atoms with E-state index in [1.165, 1.54) is 48.5 Å². The first-order chi connectivity index (χ1) is 15.2. The molecule has 0 saturated carbocycles. The van der Waals surface area contributed by atoms with Gasteiger partial charge in [0.2, 0.25) is 13.2 Å². The lowest BCUT2D eigenvalue weighted by atomic mass is 9.81. The quantitative estimate of drug-likeness (QED) is 0.354. The maximum absolute atomic E-state index is 14.6. The van der Waals surface area contributed by atoms with Crippen molar-refractivity contribution in [3.05, 3.63) is 96.6 Å². The molecule has 2 atom stereocenters. The molecule has 3 rings (SSSR count). The van der Waals surface area contributed by atoms with Crippen molar-refractivity contribution in [3.63, 3.8) is 0 Å². The standard InChI is InChI=1S/C23H21N2O6P/c24-20(26)23(21(27)28,17-10-4-1-5-11-17)16-32(31,19-14-8-3-9-15-19)25(22(29)30)18-12-6-2-7-13-18/h1-15H,16H2,(H2,24,26)(H,27,28)(H,29,30).